The fourth-order valence-corrected chi connectivity index (χ4v) is 7.05. The van der Waals surface area contributed by atoms with E-state index in [1.165, 1.54) is 23.1 Å². The van der Waals surface area contributed by atoms with Gasteiger partial charge in [-0.1, -0.05) is 51.3 Å². The third kappa shape index (κ3) is 13.0. The predicted molar refractivity (Wildman–Crippen MR) is 206 cm³/mol. The number of halogens is 3. The fraction of sp³-hybridized carbons (Fsp3) is 0.486. The first-order valence-corrected chi connectivity index (χ1v) is 18.5. The number of carboxylic acids is 1. The first-order chi connectivity index (χ1) is 24.7. The third-order valence-corrected chi connectivity index (χ3v) is 10.1. The second kappa shape index (κ2) is 20.9. The molecule has 2 aromatic carbocycles. The Kier molecular flexibility index (Phi) is 17.7. The number of nitrogens with one attached hydrogen (secondary N) is 1. The number of amides is 5. The van der Waals surface area contributed by atoms with Crippen molar-refractivity contribution in [3.05, 3.63) is 69.6 Å². The summed E-state index contributed by atoms with van der Waals surface area (Å²) in [6.45, 7) is 4.41. The molecule has 18 heteroatoms. The first kappa shape index (κ1) is 44.8. The van der Waals surface area contributed by atoms with Crippen LogP contribution in [0.15, 0.2) is 46.9 Å². The molecule has 2 aromatic rings. The van der Waals surface area contributed by atoms with Gasteiger partial charge in [-0.25, -0.2) is 14.5 Å². The number of hydrogen-bond acceptors (Lipinski definition) is 8. The Labute approximate surface area is 347 Å². The van der Waals surface area contributed by atoms with Crippen LogP contribution in [0.25, 0.3) is 0 Å². The van der Waals surface area contributed by atoms with Crippen molar-refractivity contribution in [1.29, 1.82) is 0 Å². The number of imide groups is 1. The molecule has 0 aliphatic carbocycles. The van der Waals surface area contributed by atoms with E-state index in [-0.39, 0.29) is 89.7 Å². The average Bonchev–Trinajstić information content (AvgIpc) is 3.24. The molecule has 5 radical (unpaired) electrons. The number of anilines is 1. The van der Waals surface area contributed by atoms with Gasteiger partial charge in [-0.2, -0.15) is 0 Å². The van der Waals surface area contributed by atoms with Crippen LogP contribution in [0.1, 0.15) is 25.3 Å². The summed E-state index contributed by atoms with van der Waals surface area (Å²) in [4.78, 5) is 73.0. The molecule has 2 heterocycles. The molecule has 1 atom stereocenters. The molecular weight excluding hydrogens is 896 g/mol. The molecule has 5 amide bonds. The molecule has 14 nitrogen and oxygen atoms in total. The van der Waals surface area contributed by atoms with E-state index in [9.17, 15) is 34.2 Å². The van der Waals surface area contributed by atoms with Gasteiger partial charge in [-0.05, 0) is 55.7 Å². The monoisotopic (exact) mass is 938 g/mol. The number of carbonyl (C=O) groups excluding carboxylic acids is 3. The van der Waals surface area contributed by atoms with E-state index in [0.29, 0.717) is 55.6 Å². The van der Waals surface area contributed by atoms with Crippen molar-refractivity contribution in [2.75, 3.05) is 83.4 Å². The topological polar surface area (TPSA) is 157 Å². The molecule has 4 rings (SSSR count). The Morgan fingerprint density at radius 2 is 1.43 bits per heavy atom. The van der Waals surface area contributed by atoms with E-state index in [1.54, 1.807) is 21.6 Å². The minimum Gasteiger partial charge on any atom is -0.480 e. The largest absolute Gasteiger partial charge is 0.480 e. The minimum absolute atomic E-state index is 0. The summed E-state index contributed by atoms with van der Waals surface area (Å²) in [7, 11) is 6.14. The molecule has 0 unspecified atom stereocenters. The van der Waals surface area contributed by atoms with Crippen molar-refractivity contribution in [2.45, 2.75) is 31.7 Å². The van der Waals surface area contributed by atoms with Crippen LogP contribution in [-0.2, 0) is 20.8 Å². The van der Waals surface area contributed by atoms with Crippen LogP contribution in [0.2, 0.25) is 10.0 Å². The summed E-state index contributed by atoms with van der Waals surface area (Å²) in [6, 6.07) is 11.7. The van der Waals surface area contributed by atoms with Gasteiger partial charge in [0.2, 0.25) is 5.91 Å². The van der Waals surface area contributed by atoms with Gasteiger partial charge in [-0.15, -0.1) is 0 Å². The molecule has 2 aliphatic heterocycles. The molecule has 2 aliphatic rings. The Morgan fingerprint density at radius 3 is 2.00 bits per heavy atom. The maximum Gasteiger partial charge on any atom is 0.407 e. The molecular formula is C35H44BrCl2InN7O7. The minimum atomic E-state index is -1.20. The van der Waals surface area contributed by atoms with Gasteiger partial charge in [0.15, 0.2) is 0 Å². The van der Waals surface area contributed by atoms with Crippen LogP contribution in [0.3, 0.4) is 0 Å². The van der Waals surface area contributed by atoms with E-state index >= 15 is 0 Å². The van der Waals surface area contributed by atoms with Crippen molar-refractivity contribution < 1.29 is 34.2 Å². The van der Waals surface area contributed by atoms with Gasteiger partial charge in [0.1, 0.15) is 5.54 Å². The predicted octanol–water partition coefficient (Wildman–Crippen LogP) is 3.69. The summed E-state index contributed by atoms with van der Waals surface area (Å²) < 4.78 is 0.891. The molecule has 0 bridgehead atoms. The maximum atomic E-state index is 14.0. The number of rotatable bonds is 12. The van der Waals surface area contributed by atoms with Gasteiger partial charge in [0.25, 0.3) is 5.91 Å². The Morgan fingerprint density at radius 1 is 0.868 bits per heavy atom. The van der Waals surface area contributed by atoms with Crippen LogP contribution in [0.5, 0.6) is 0 Å². The normalized spacial score (nSPS) is 19.8. The second-order valence-corrected chi connectivity index (χ2v) is 14.9. The van der Waals surface area contributed by atoms with Crippen molar-refractivity contribution in [3.8, 4) is 0 Å². The van der Waals surface area contributed by atoms with E-state index < -0.39 is 29.5 Å². The van der Waals surface area contributed by atoms with Crippen molar-refractivity contribution in [2.24, 2.45) is 0 Å². The van der Waals surface area contributed by atoms with Crippen LogP contribution >= 0.6 is 39.1 Å². The average molecular weight is 940 g/mol. The van der Waals surface area contributed by atoms with Gasteiger partial charge < -0.3 is 25.3 Å². The van der Waals surface area contributed by atoms with E-state index in [2.05, 4.69) is 21.2 Å². The number of nitrogens with zero attached hydrogens (tertiary/aromatic N) is 6. The first-order valence-electron chi connectivity index (χ1n) is 16.9. The van der Waals surface area contributed by atoms with Crippen molar-refractivity contribution in [1.82, 2.24) is 29.8 Å². The zero-order chi connectivity index (χ0) is 38.0. The molecule has 2 saturated heterocycles. The van der Waals surface area contributed by atoms with Crippen molar-refractivity contribution in [3.63, 3.8) is 0 Å². The zero-order valence-corrected chi connectivity index (χ0v) is 35.9. The summed E-state index contributed by atoms with van der Waals surface area (Å²) >= 11 is 15.9. The van der Waals surface area contributed by atoms with Crippen LogP contribution < -0.4 is 10.2 Å². The smallest absolute Gasteiger partial charge is 0.407 e. The summed E-state index contributed by atoms with van der Waals surface area (Å²) in [5.74, 6) is -1.65. The van der Waals surface area contributed by atoms with E-state index in [4.69, 9.17) is 30.2 Å². The van der Waals surface area contributed by atoms with Crippen LogP contribution in [-0.4, -0.2) is 175 Å². The van der Waals surface area contributed by atoms with Gasteiger partial charge in [-0.3, -0.25) is 29.1 Å². The number of hydrogen-bond donors (Lipinski definition) is 3. The molecule has 0 saturated carbocycles. The molecule has 53 heavy (non-hydrogen) atoms. The third-order valence-electron chi connectivity index (χ3n) is 9.16. The molecule has 3 N–H and O–H groups in total. The zero-order valence-electron chi connectivity index (χ0n) is 29.6. The molecule has 0 aromatic heterocycles. The van der Waals surface area contributed by atoms with Crippen LogP contribution in [0, 0.1) is 7.05 Å². The number of carboxylic acid groups (broad SMARTS) is 2. The number of unbranched alkanes of at least 4 members (excludes halogenated alkanes) is 1. The van der Waals surface area contributed by atoms with Gasteiger partial charge in [0.05, 0.1) is 18.8 Å². The number of carbonyl (C=O) groups is 5. The van der Waals surface area contributed by atoms with Gasteiger partial charge >= 0.3 is 18.1 Å². The SMILES string of the molecule is [CH]N1CCN(CC(=O)O)CCN(C(=O)O)CCN(CC(=O)NCCCCN2C(=O)N(c3cc(Cl)cc(Cl)c3)C(=O)[C@]2(C)Cc2ccc(Br)cc2)CC1.[In]. The molecule has 0 spiro atoms. The Hall–Kier alpha value is -2.60. The summed E-state index contributed by atoms with van der Waals surface area (Å²) in [6.07, 6.45) is 0.180. The second-order valence-electron chi connectivity index (χ2n) is 13.1. The Bertz CT molecular complexity index is 1590. The number of aliphatic carboxylic acids is 1. The molecule has 285 valence electrons. The van der Waals surface area contributed by atoms with E-state index in [1.807, 2.05) is 29.2 Å². The summed E-state index contributed by atoms with van der Waals surface area (Å²) in [5.41, 5.74) is -0.0317. The fourth-order valence-electron chi connectivity index (χ4n) is 6.28. The van der Waals surface area contributed by atoms with E-state index in [0.717, 1.165) is 14.9 Å². The number of benzene rings is 2. The number of urea groups is 1. The standard InChI is InChI=1S/C35H44BrCl2N7O7.In/c1-35(22-25-5-7-26(36)8-6-25)32(49)45(29-20-27(37)19-28(38)21-29)33(50)44(35)10-4-3-9-39-30(46)23-41-13-11-40(2)12-14-42(24-31(47)48)16-18-43(17-15-41)34(51)52;/h2,5-8,19-21H,3-4,9-18,22-24H2,1H3,(H,39,46)(H,47,48)(H,51,52);/t35-;/m0./s1. The van der Waals surface area contributed by atoms with Gasteiger partial charge in [0, 0.05) is 119 Å². The Balaban J connectivity index is 0.00000756. The maximum absolute atomic E-state index is 14.0. The summed E-state index contributed by atoms with van der Waals surface area (Å²) in [5, 5.41) is 22.4. The van der Waals surface area contributed by atoms with Crippen LogP contribution in [0.4, 0.5) is 15.3 Å². The quantitative estimate of drug-likeness (QED) is 0.212. The van der Waals surface area contributed by atoms with Crippen molar-refractivity contribution >= 4 is 101 Å². The molecule has 2 fully saturated rings.